The van der Waals surface area contributed by atoms with E-state index in [-0.39, 0.29) is 11.3 Å². The molecule has 0 N–H and O–H groups in total. The summed E-state index contributed by atoms with van der Waals surface area (Å²) in [5.74, 6) is 0.381. The van der Waals surface area contributed by atoms with Gasteiger partial charge in [-0.2, -0.15) is 0 Å². The minimum Gasteiger partial charge on any atom is -0.268 e. The molecule has 1 aromatic heterocycles. The van der Waals surface area contributed by atoms with Crippen LogP contribution in [0, 0.1) is 0 Å². The maximum Gasteiger partial charge on any atom is 0.266 e. The Morgan fingerprint density at radius 2 is 1.77 bits per heavy atom. The predicted octanol–water partition coefficient (Wildman–Crippen LogP) is 3.08. The van der Waals surface area contributed by atoms with Crippen molar-refractivity contribution in [3.8, 4) is 5.69 Å². The van der Waals surface area contributed by atoms with E-state index in [0.29, 0.717) is 21.8 Å². The molecule has 0 saturated carbocycles. The van der Waals surface area contributed by atoms with Crippen LogP contribution in [0.4, 0.5) is 0 Å². The van der Waals surface area contributed by atoms with E-state index in [1.54, 1.807) is 16.7 Å². The van der Waals surface area contributed by atoms with Gasteiger partial charge in [-0.05, 0) is 36.2 Å². The summed E-state index contributed by atoms with van der Waals surface area (Å²) >= 11 is 1.28. The van der Waals surface area contributed by atoms with Gasteiger partial charge in [0.2, 0.25) is 0 Å². The van der Waals surface area contributed by atoms with Gasteiger partial charge in [-0.25, -0.2) is 13.4 Å². The van der Waals surface area contributed by atoms with Crippen molar-refractivity contribution in [1.29, 1.82) is 0 Å². The second kappa shape index (κ2) is 7.63. The second-order valence-electron chi connectivity index (χ2n) is 6.05. The third kappa shape index (κ3) is 4.16. The standard InChI is InChI=1S/C19H20N2O3S2/c1-3-14-8-10-15(11-9-14)21-18(22)16-6-4-5-7-17(16)20-19(21)25-12-13-26(2,23)24/h4-11H,3,12-13H2,1-2H3. The van der Waals surface area contributed by atoms with Crippen molar-refractivity contribution in [1.82, 2.24) is 9.55 Å². The van der Waals surface area contributed by atoms with Crippen LogP contribution in [-0.4, -0.2) is 35.7 Å². The van der Waals surface area contributed by atoms with Crippen LogP contribution in [0.15, 0.2) is 58.5 Å². The molecule has 0 amide bonds. The lowest BCUT2D eigenvalue weighted by atomic mass is 10.1. The summed E-state index contributed by atoms with van der Waals surface area (Å²) in [5.41, 5.74) is 2.37. The van der Waals surface area contributed by atoms with E-state index in [4.69, 9.17) is 0 Å². The van der Waals surface area contributed by atoms with E-state index < -0.39 is 9.84 Å². The molecule has 0 aliphatic carbocycles. The van der Waals surface area contributed by atoms with Gasteiger partial charge in [-0.3, -0.25) is 9.36 Å². The van der Waals surface area contributed by atoms with E-state index >= 15 is 0 Å². The fraction of sp³-hybridized carbons (Fsp3) is 0.263. The van der Waals surface area contributed by atoms with Crippen LogP contribution in [0.2, 0.25) is 0 Å². The largest absolute Gasteiger partial charge is 0.268 e. The van der Waals surface area contributed by atoms with Crippen molar-refractivity contribution >= 4 is 32.5 Å². The summed E-state index contributed by atoms with van der Waals surface area (Å²) in [7, 11) is -3.07. The smallest absolute Gasteiger partial charge is 0.266 e. The lowest BCUT2D eigenvalue weighted by Gasteiger charge is -2.13. The molecular weight excluding hydrogens is 368 g/mol. The Morgan fingerprint density at radius 3 is 2.42 bits per heavy atom. The Labute approximate surface area is 157 Å². The molecular formula is C19H20N2O3S2. The number of fused-ring (bicyclic) bond motifs is 1. The molecule has 0 radical (unpaired) electrons. The highest BCUT2D eigenvalue weighted by atomic mass is 32.2. The molecule has 3 rings (SSSR count). The Balaban J connectivity index is 2.12. The minimum absolute atomic E-state index is 0.0368. The van der Waals surface area contributed by atoms with E-state index in [1.807, 2.05) is 36.4 Å². The fourth-order valence-electron chi connectivity index (χ4n) is 2.60. The second-order valence-corrected chi connectivity index (χ2v) is 9.37. The van der Waals surface area contributed by atoms with Gasteiger partial charge >= 0.3 is 0 Å². The minimum atomic E-state index is -3.07. The molecule has 2 aromatic carbocycles. The van der Waals surface area contributed by atoms with Crippen molar-refractivity contribution in [2.75, 3.05) is 17.8 Å². The molecule has 0 bridgehead atoms. The first-order valence-electron chi connectivity index (χ1n) is 8.30. The first kappa shape index (κ1) is 18.7. The topological polar surface area (TPSA) is 69.0 Å². The van der Waals surface area contributed by atoms with Crippen LogP contribution in [0.1, 0.15) is 12.5 Å². The first-order valence-corrected chi connectivity index (χ1v) is 11.4. The molecule has 0 aliphatic heterocycles. The van der Waals surface area contributed by atoms with Crippen LogP contribution in [0.5, 0.6) is 0 Å². The molecule has 0 fully saturated rings. The molecule has 0 atom stereocenters. The maximum absolute atomic E-state index is 13.1. The third-order valence-corrected chi connectivity index (χ3v) is 6.18. The Kier molecular flexibility index (Phi) is 5.48. The lowest BCUT2D eigenvalue weighted by molar-refractivity contribution is 0.603. The van der Waals surface area contributed by atoms with Gasteiger partial charge in [0.1, 0.15) is 9.84 Å². The molecule has 26 heavy (non-hydrogen) atoms. The number of para-hydroxylation sites is 1. The summed E-state index contributed by atoms with van der Waals surface area (Å²) in [5, 5.41) is 1.04. The van der Waals surface area contributed by atoms with Crippen molar-refractivity contribution in [2.45, 2.75) is 18.5 Å². The highest BCUT2D eigenvalue weighted by Crippen LogP contribution is 2.22. The Morgan fingerprint density at radius 1 is 1.08 bits per heavy atom. The third-order valence-electron chi connectivity index (χ3n) is 4.03. The monoisotopic (exact) mass is 388 g/mol. The zero-order valence-corrected chi connectivity index (χ0v) is 16.3. The van der Waals surface area contributed by atoms with Crippen LogP contribution in [0.3, 0.4) is 0 Å². The zero-order chi connectivity index (χ0) is 18.7. The van der Waals surface area contributed by atoms with Crippen molar-refractivity contribution in [2.24, 2.45) is 0 Å². The number of benzene rings is 2. The molecule has 0 unspecified atom stereocenters. The molecule has 0 saturated heterocycles. The van der Waals surface area contributed by atoms with Crippen LogP contribution in [-0.2, 0) is 16.3 Å². The van der Waals surface area contributed by atoms with Gasteiger partial charge < -0.3 is 0 Å². The Bertz CT molecular complexity index is 1090. The quantitative estimate of drug-likeness (QED) is 0.479. The summed E-state index contributed by atoms with van der Waals surface area (Å²) in [6, 6.07) is 15.0. The number of hydrogen-bond donors (Lipinski definition) is 0. The molecule has 0 aliphatic rings. The highest BCUT2D eigenvalue weighted by Gasteiger charge is 2.14. The summed E-state index contributed by atoms with van der Waals surface area (Å²) in [6.45, 7) is 2.07. The van der Waals surface area contributed by atoms with Gasteiger partial charge in [0.05, 0.1) is 22.3 Å². The average molecular weight is 389 g/mol. The predicted molar refractivity (Wildman–Crippen MR) is 107 cm³/mol. The normalized spacial score (nSPS) is 11.8. The van der Waals surface area contributed by atoms with E-state index in [0.717, 1.165) is 12.1 Å². The van der Waals surface area contributed by atoms with Gasteiger partial charge in [0, 0.05) is 12.0 Å². The number of rotatable bonds is 6. The number of nitrogens with zero attached hydrogens (tertiary/aromatic N) is 2. The fourth-order valence-corrected chi connectivity index (χ4v) is 4.81. The van der Waals surface area contributed by atoms with Crippen molar-refractivity contribution < 1.29 is 8.42 Å². The van der Waals surface area contributed by atoms with Crippen molar-refractivity contribution in [3.05, 3.63) is 64.4 Å². The molecule has 7 heteroatoms. The summed E-state index contributed by atoms with van der Waals surface area (Å²) in [4.78, 5) is 17.7. The lowest BCUT2D eigenvalue weighted by Crippen LogP contribution is -2.22. The SMILES string of the molecule is CCc1ccc(-n2c(SCCS(C)(=O)=O)nc3ccccc3c2=O)cc1. The molecule has 0 spiro atoms. The van der Waals surface area contributed by atoms with Crippen molar-refractivity contribution in [3.63, 3.8) is 0 Å². The van der Waals surface area contributed by atoms with Gasteiger partial charge in [-0.1, -0.05) is 43.0 Å². The number of thioether (sulfide) groups is 1. The number of sulfone groups is 1. The molecule has 5 nitrogen and oxygen atoms in total. The highest BCUT2D eigenvalue weighted by molar-refractivity contribution is 8.00. The van der Waals surface area contributed by atoms with Crippen LogP contribution >= 0.6 is 11.8 Å². The van der Waals surface area contributed by atoms with Crippen LogP contribution < -0.4 is 5.56 Å². The molecule has 1 heterocycles. The number of hydrogen-bond acceptors (Lipinski definition) is 5. The van der Waals surface area contributed by atoms with Gasteiger partial charge in [0.25, 0.3) is 5.56 Å². The van der Waals surface area contributed by atoms with E-state index in [1.165, 1.54) is 23.6 Å². The van der Waals surface area contributed by atoms with E-state index in [9.17, 15) is 13.2 Å². The van der Waals surface area contributed by atoms with E-state index in [2.05, 4.69) is 11.9 Å². The zero-order valence-electron chi connectivity index (χ0n) is 14.7. The first-order chi connectivity index (χ1) is 12.4. The maximum atomic E-state index is 13.1. The number of aromatic nitrogens is 2. The molecule has 136 valence electrons. The summed E-state index contributed by atoms with van der Waals surface area (Å²) < 4.78 is 24.4. The average Bonchev–Trinajstić information content (AvgIpc) is 2.61. The molecule has 3 aromatic rings. The number of aryl methyl sites for hydroxylation is 1. The van der Waals surface area contributed by atoms with Gasteiger partial charge in [-0.15, -0.1) is 0 Å². The van der Waals surface area contributed by atoms with Gasteiger partial charge in [0.15, 0.2) is 5.16 Å². The Hall–Kier alpha value is -2.12. The van der Waals surface area contributed by atoms with Crippen LogP contribution in [0.25, 0.3) is 16.6 Å². The summed E-state index contributed by atoms with van der Waals surface area (Å²) in [6.07, 6.45) is 2.12.